The van der Waals surface area contributed by atoms with Gasteiger partial charge in [0.15, 0.2) is 0 Å². The van der Waals surface area contributed by atoms with Crippen molar-refractivity contribution in [1.82, 2.24) is 0 Å². The molecule has 0 aromatic carbocycles. The molecule has 0 aromatic rings. The molecule has 2 nitrogen and oxygen atoms in total. The molecular weight excluding hydrogens is 126 g/mol. The maximum Gasteiger partial charge on any atom is 0.0694 e. The molecule has 0 aliphatic rings. The summed E-state index contributed by atoms with van der Waals surface area (Å²) in [5, 5.41) is 9.28. The number of rotatable bonds is 5. The molecule has 0 aliphatic carbocycles. The molecule has 0 bridgehead atoms. The molecule has 3 N–H and O–H groups in total. The van der Waals surface area contributed by atoms with Crippen molar-refractivity contribution in [2.45, 2.75) is 38.3 Å². The predicted octanol–water partition coefficient (Wildman–Crippen LogP) is 1.05. The Bertz CT molecular complexity index is 93.3. The zero-order chi connectivity index (χ0) is 7.98. The van der Waals surface area contributed by atoms with Crippen LogP contribution >= 0.6 is 0 Å². The highest BCUT2D eigenvalue weighted by Gasteiger charge is 2.10. The van der Waals surface area contributed by atoms with Crippen molar-refractivity contribution in [1.29, 1.82) is 0 Å². The van der Waals surface area contributed by atoms with E-state index in [4.69, 9.17) is 5.73 Å². The van der Waals surface area contributed by atoms with Gasteiger partial charge in [0.05, 0.1) is 6.10 Å². The first-order valence-corrected chi connectivity index (χ1v) is 3.76. The van der Waals surface area contributed by atoms with Gasteiger partial charge < -0.3 is 10.8 Å². The van der Waals surface area contributed by atoms with Gasteiger partial charge in [0.25, 0.3) is 0 Å². The molecule has 0 heterocycles. The van der Waals surface area contributed by atoms with Crippen LogP contribution in [-0.2, 0) is 0 Å². The van der Waals surface area contributed by atoms with Crippen LogP contribution in [0.2, 0.25) is 0 Å². The van der Waals surface area contributed by atoms with Crippen LogP contribution in [0.15, 0.2) is 12.7 Å². The fourth-order valence-electron chi connectivity index (χ4n) is 0.859. The molecule has 10 heavy (non-hydrogen) atoms. The highest BCUT2D eigenvalue weighted by molar-refractivity contribution is 4.80. The summed E-state index contributed by atoms with van der Waals surface area (Å²) in [4.78, 5) is 0. The largest absolute Gasteiger partial charge is 0.392 e. The molecule has 0 amide bonds. The van der Waals surface area contributed by atoms with Crippen LogP contribution < -0.4 is 5.73 Å². The van der Waals surface area contributed by atoms with E-state index in [9.17, 15) is 5.11 Å². The van der Waals surface area contributed by atoms with Crippen LogP contribution in [-0.4, -0.2) is 17.3 Å². The van der Waals surface area contributed by atoms with Crippen molar-refractivity contribution in [3.63, 3.8) is 0 Å². The van der Waals surface area contributed by atoms with E-state index in [1.807, 2.05) is 6.92 Å². The van der Waals surface area contributed by atoms with E-state index in [-0.39, 0.29) is 12.1 Å². The van der Waals surface area contributed by atoms with Gasteiger partial charge in [-0.05, 0) is 12.8 Å². The molecule has 0 saturated heterocycles. The quantitative estimate of drug-likeness (QED) is 0.565. The van der Waals surface area contributed by atoms with Gasteiger partial charge in [0.1, 0.15) is 0 Å². The zero-order valence-corrected chi connectivity index (χ0v) is 6.59. The molecule has 0 saturated carbocycles. The van der Waals surface area contributed by atoms with Crippen molar-refractivity contribution in [3.8, 4) is 0 Å². The molecule has 60 valence electrons. The van der Waals surface area contributed by atoms with Crippen LogP contribution in [0.1, 0.15) is 26.2 Å². The lowest BCUT2D eigenvalue weighted by atomic mass is 10.0. The molecule has 0 radical (unpaired) electrons. The van der Waals surface area contributed by atoms with Gasteiger partial charge in [-0.3, -0.25) is 0 Å². The summed E-state index contributed by atoms with van der Waals surface area (Å²) in [6.45, 7) is 5.58. The van der Waals surface area contributed by atoms with E-state index in [1.165, 1.54) is 0 Å². The number of aliphatic hydroxyl groups is 1. The summed E-state index contributed by atoms with van der Waals surface area (Å²) in [5.74, 6) is 0. The van der Waals surface area contributed by atoms with Gasteiger partial charge >= 0.3 is 0 Å². The van der Waals surface area contributed by atoms with Crippen LogP contribution in [0, 0.1) is 0 Å². The number of hydrogen-bond donors (Lipinski definition) is 2. The summed E-state index contributed by atoms with van der Waals surface area (Å²) in [7, 11) is 0. The zero-order valence-electron chi connectivity index (χ0n) is 6.59. The van der Waals surface area contributed by atoms with Gasteiger partial charge in [-0.1, -0.05) is 19.4 Å². The Labute approximate surface area is 62.7 Å². The number of nitrogens with two attached hydrogens (primary N) is 1. The van der Waals surface area contributed by atoms with E-state index in [2.05, 4.69) is 6.58 Å². The Morgan fingerprint density at radius 2 is 2.30 bits per heavy atom. The molecule has 0 aromatic heterocycles. The van der Waals surface area contributed by atoms with Gasteiger partial charge in [0.2, 0.25) is 0 Å². The molecule has 2 heteroatoms. The minimum absolute atomic E-state index is 0.127. The summed E-state index contributed by atoms with van der Waals surface area (Å²) < 4.78 is 0. The number of hydrogen-bond acceptors (Lipinski definition) is 2. The Morgan fingerprint density at radius 1 is 1.70 bits per heavy atom. The third kappa shape index (κ3) is 3.64. The van der Waals surface area contributed by atoms with Crippen LogP contribution in [0.3, 0.4) is 0 Å². The Kier molecular flexibility index (Phi) is 5.26. The lowest BCUT2D eigenvalue weighted by molar-refractivity contribution is 0.135. The molecule has 0 rings (SSSR count). The van der Waals surface area contributed by atoms with Crippen molar-refractivity contribution in [3.05, 3.63) is 12.7 Å². The first-order valence-electron chi connectivity index (χ1n) is 3.76. The lowest BCUT2D eigenvalue weighted by Crippen LogP contribution is -2.33. The van der Waals surface area contributed by atoms with Gasteiger partial charge in [0, 0.05) is 6.04 Å². The maximum atomic E-state index is 9.28. The fraction of sp³-hybridized carbons (Fsp3) is 0.750. The Balaban J connectivity index is 3.47. The first-order chi connectivity index (χ1) is 4.72. The van der Waals surface area contributed by atoms with E-state index in [0.29, 0.717) is 6.42 Å². The van der Waals surface area contributed by atoms with Gasteiger partial charge in [-0.2, -0.15) is 0 Å². The van der Waals surface area contributed by atoms with Crippen LogP contribution in [0.5, 0.6) is 0 Å². The van der Waals surface area contributed by atoms with E-state index in [1.54, 1.807) is 6.08 Å². The standard InChI is InChI=1S/C8H17NO/c1-3-5-7(9)8(10)6-4-2/h3,7-8,10H,1,4-6,9H2,2H3/t7-,8-/m1/s1. The fourth-order valence-corrected chi connectivity index (χ4v) is 0.859. The van der Waals surface area contributed by atoms with Crippen molar-refractivity contribution < 1.29 is 5.11 Å². The van der Waals surface area contributed by atoms with Crippen molar-refractivity contribution in [2.24, 2.45) is 5.73 Å². The van der Waals surface area contributed by atoms with E-state index >= 15 is 0 Å². The third-order valence-electron chi connectivity index (χ3n) is 1.52. The molecular formula is C8H17NO. The monoisotopic (exact) mass is 143 g/mol. The highest BCUT2D eigenvalue weighted by atomic mass is 16.3. The normalized spacial score (nSPS) is 16.3. The van der Waals surface area contributed by atoms with E-state index < -0.39 is 0 Å². The second-order valence-electron chi connectivity index (χ2n) is 2.54. The Morgan fingerprint density at radius 3 is 2.70 bits per heavy atom. The molecule has 0 aliphatic heterocycles. The average molecular weight is 143 g/mol. The van der Waals surface area contributed by atoms with Crippen molar-refractivity contribution in [2.75, 3.05) is 0 Å². The summed E-state index contributed by atoms with van der Waals surface area (Å²) in [6.07, 6.45) is 3.84. The lowest BCUT2D eigenvalue weighted by Gasteiger charge is -2.15. The van der Waals surface area contributed by atoms with Gasteiger partial charge in [-0.15, -0.1) is 6.58 Å². The number of aliphatic hydroxyl groups excluding tert-OH is 1. The highest BCUT2D eigenvalue weighted by Crippen LogP contribution is 2.03. The third-order valence-corrected chi connectivity index (χ3v) is 1.52. The second kappa shape index (κ2) is 5.45. The predicted molar refractivity (Wildman–Crippen MR) is 43.7 cm³/mol. The smallest absolute Gasteiger partial charge is 0.0694 e. The topological polar surface area (TPSA) is 46.2 Å². The van der Waals surface area contributed by atoms with Gasteiger partial charge in [-0.25, -0.2) is 0 Å². The second-order valence-corrected chi connectivity index (χ2v) is 2.54. The minimum Gasteiger partial charge on any atom is -0.392 e. The summed E-state index contributed by atoms with van der Waals surface area (Å²) in [6, 6.07) is -0.127. The molecule has 0 spiro atoms. The maximum absolute atomic E-state index is 9.28. The summed E-state index contributed by atoms with van der Waals surface area (Å²) >= 11 is 0. The van der Waals surface area contributed by atoms with Crippen LogP contribution in [0.25, 0.3) is 0 Å². The summed E-state index contributed by atoms with van der Waals surface area (Å²) in [5.41, 5.74) is 5.59. The SMILES string of the molecule is C=CC[C@@H](N)[C@H](O)CCC. The molecule has 0 fully saturated rings. The molecule has 0 unspecified atom stereocenters. The van der Waals surface area contributed by atoms with E-state index in [0.717, 1.165) is 12.8 Å². The molecule has 2 atom stereocenters. The minimum atomic E-state index is -0.358. The van der Waals surface area contributed by atoms with Crippen LogP contribution in [0.4, 0.5) is 0 Å². The Hall–Kier alpha value is -0.340. The average Bonchev–Trinajstić information content (AvgIpc) is 1.89. The van der Waals surface area contributed by atoms with Crippen molar-refractivity contribution >= 4 is 0 Å². The first kappa shape index (κ1) is 9.66.